The van der Waals surface area contributed by atoms with Crippen LogP contribution in [0, 0.1) is 5.92 Å². The number of nitrogens with zero attached hydrogens (tertiary/aromatic N) is 2. The number of hydrogen-bond acceptors (Lipinski definition) is 6. The van der Waals surface area contributed by atoms with E-state index in [1.165, 1.54) is 12.1 Å². The zero-order valence-electron chi connectivity index (χ0n) is 17.6. The van der Waals surface area contributed by atoms with Crippen LogP contribution in [0.4, 0.5) is 18.9 Å². The van der Waals surface area contributed by atoms with Crippen LogP contribution in [0.2, 0.25) is 0 Å². The van der Waals surface area contributed by atoms with Crippen LogP contribution in [-0.4, -0.2) is 47.2 Å². The molecule has 4 rings (SSSR count). The third kappa shape index (κ3) is 5.99. The normalized spacial score (nSPS) is 23.2. The average Bonchev–Trinajstić information content (AvgIpc) is 3.30. The van der Waals surface area contributed by atoms with E-state index in [1.807, 2.05) is 12.1 Å². The van der Waals surface area contributed by atoms with Crippen molar-refractivity contribution < 1.29 is 27.5 Å². The summed E-state index contributed by atoms with van der Waals surface area (Å²) in [5, 5.41) is 2.71. The summed E-state index contributed by atoms with van der Waals surface area (Å²) < 4.78 is 40.7. The van der Waals surface area contributed by atoms with Gasteiger partial charge in [-0.2, -0.15) is 0 Å². The zero-order valence-corrected chi connectivity index (χ0v) is 17.6. The number of aromatic nitrogens is 1. The van der Waals surface area contributed by atoms with Crippen molar-refractivity contribution in [2.75, 3.05) is 18.4 Å². The van der Waals surface area contributed by atoms with Crippen molar-refractivity contribution in [2.45, 2.75) is 37.7 Å². The lowest BCUT2D eigenvalue weighted by Crippen LogP contribution is -2.50. The minimum atomic E-state index is -4.77. The summed E-state index contributed by atoms with van der Waals surface area (Å²) in [5.74, 6) is -1.11. The molecule has 2 aliphatic heterocycles. The van der Waals surface area contributed by atoms with Crippen LogP contribution in [0.5, 0.6) is 5.75 Å². The number of amides is 2. The quantitative estimate of drug-likeness (QED) is 0.631. The molecule has 8 nitrogen and oxygen atoms in total. The fourth-order valence-corrected chi connectivity index (χ4v) is 4.13. The minimum absolute atomic E-state index is 0.00451. The fraction of sp³-hybridized carbons (Fsp3) is 0.409. The second kappa shape index (κ2) is 9.75. The molecule has 0 spiro atoms. The Kier molecular flexibility index (Phi) is 6.80. The zero-order chi connectivity index (χ0) is 23.4. The number of hydrogen-bond donors (Lipinski definition) is 3. The van der Waals surface area contributed by atoms with Gasteiger partial charge in [-0.1, -0.05) is 0 Å². The fourth-order valence-electron chi connectivity index (χ4n) is 4.13. The Morgan fingerprint density at radius 2 is 1.82 bits per heavy atom. The summed E-state index contributed by atoms with van der Waals surface area (Å²) in [7, 11) is 0. The second-order valence-corrected chi connectivity index (χ2v) is 8.09. The van der Waals surface area contributed by atoms with E-state index in [2.05, 4.69) is 25.9 Å². The highest BCUT2D eigenvalue weighted by molar-refractivity contribution is 5.93. The summed E-state index contributed by atoms with van der Waals surface area (Å²) in [5.41, 5.74) is 7.59. The predicted molar refractivity (Wildman–Crippen MR) is 113 cm³/mol. The molecule has 3 heterocycles. The number of benzene rings is 1. The first-order valence-corrected chi connectivity index (χ1v) is 10.6. The summed E-state index contributed by atoms with van der Waals surface area (Å²) >= 11 is 0. The van der Waals surface area contributed by atoms with Gasteiger partial charge in [0, 0.05) is 37.2 Å². The molecular weight excluding hydrogens is 439 g/mol. The summed E-state index contributed by atoms with van der Waals surface area (Å²) in [6.45, 7) is 0.863. The molecule has 2 aromatic rings. The first kappa shape index (κ1) is 23.0. The summed E-state index contributed by atoms with van der Waals surface area (Å²) in [6.07, 6.45) is 0.540. The first-order chi connectivity index (χ1) is 15.8. The maximum Gasteiger partial charge on any atom is 0.573 e. The van der Waals surface area contributed by atoms with Gasteiger partial charge in [0.1, 0.15) is 11.8 Å². The molecule has 176 valence electrons. The standard InChI is InChI=1S/C22H24F3N5O3/c23-22(24,25)33-17-5-3-16(4-6-17)27-20(31)15-2-1-11-30(13-15)21(32)19-12-18(28-29-19)14-7-9-26-10-8-14/h3-10,15,18-19,28-29H,1-2,11-13H2,(H,27,31). The molecule has 0 saturated carbocycles. The van der Waals surface area contributed by atoms with E-state index in [4.69, 9.17) is 0 Å². The number of anilines is 1. The van der Waals surface area contributed by atoms with Crippen molar-refractivity contribution in [1.82, 2.24) is 20.7 Å². The SMILES string of the molecule is O=C(Nc1ccc(OC(F)(F)F)cc1)C1CCCN(C(=O)C2CC(c3ccncc3)NN2)C1. The smallest absolute Gasteiger partial charge is 0.406 e. The molecule has 33 heavy (non-hydrogen) atoms. The molecule has 2 aliphatic rings. The third-order valence-electron chi connectivity index (χ3n) is 5.77. The van der Waals surface area contributed by atoms with E-state index in [0.717, 1.165) is 17.7 Å². The summed E-state index contributed by atoms with van der Waals surface area (Å²) in [6, 6.07) is 8.36. The second-order valence-electron chi connectivity index (χ2n) is 8.09. The molecule has 2 saturated heterocycles. The van der Waals surface area contributed by atoms with E-state index in [9.17, 15) is 22.8 Å². The van der Waals surface area contributed by atoms with Crippen LogP contribution in [-0.2, 0) is 9.59 Å². The number of pyridine rings is 1. The van der Waals surface area contributed by atoms with Crippen LogP contribution < -0.4 is 20.9 Å². The van der Waals surface area contributed by atoms with Crippen molar-refractivity contribution >= 4 is 17.5 Å². The molecule has 3 N–H and O–H groups in total. The highest BCUT2D eigenvalue weighted by atomic mass is 19.4. The topological polar surface area (TPSA) is 95.6 Å². The van der Waals surface area contributed by atoms with E-state index in [0.29, 0.717) is 31.5 Å². The van der Waals surface area contributed by atoms with Crippen molar-refractivity contribution in [3.8, 4) is 5.75 Å². The van der Waals surface area contributed by atoms with Gasteiger partial charge >= 0.3 is 6.36 Å². The Bertz CT molecular complexity index is 971. The lowest BCUT2D eigenvalue weighted by atomic mass is 9.95. The number of ether oxygens (including phenoxy) is 1. The molecule has 3 unspecified atom stereocenters. The van der Waals surface area contributed by atoms with Crippen LogP contribution in [0.25, 0.3) is 0 Å². The van der Waals surface area contributed by atoms with Gasteiger partial charge in [0.15, 0.2) is 0 Å². The van der Waals surface area contributed by atoms with Crippen LogP contribution in [0.3, 0.4) is 0 Å². The monoisotopic (exact) mass is 463 g/mol. The number of carbonyl (C=O) groups is 2. The van der Waals surface area contributed by atoms with E-state index in [-0.39, 0.29) is 30.2 Å². The number of rotatable bonds is 5. The van der Waals surface area contributed by atoms with Gasteiger partial charge in [-0.05, 0) is 61.2 Å². The van der Waals surface area contributed by atoms with Crippen molar-refractivity contribution in [3.05, 3.63) is 54.4 Å². The Morgan fingerprint density at radius 1 is 1.09 bits per heavy atom. The number of halogens is 3. The van der Waals surface area contributed by atoms with E-state index >= 15 is 0 Å². The lowest BCUT2D eigenvalue weighted by molar-refractivity contribution is -0.274. The maximum atomic E-state index is 13.0. The average molecular weight is 463 g/mol. The molecule has 2 amide bonds. The van der Waals surface area contributed by atoms with Gasteiger partial charge in [0.2, 0.25) is 11.8 Å². The van der Waals surface area contributed by atoms with E-state index < -0.39 is 18.3 Å². The number of alkyl halides is 3. The molecule has 1 aromatic carbocycles. The number of carbonyl (C=O) groups excluding carboxylic acids is 2. The van der Waals surface area contributed by atoms with Gasteiger partial charge in [0.05, 0.1) is 5.92 Å². The van der Waals surface area contributed by atoms with Gasteiger partial charge in [-0.3, -0.25) is 14.6 Å². The van der Waals surface area contributed by atoms with Crippen LogP contribution in [0.15, 0.2) is 48.8 Å². The molecule has 1 aromatic heterocycles. The predicted octanol–water partition coefficient (Wildman–Crippen LogP) is 2.77. The maximum absolute atomic E-state index is 13.0. The molecule has 0 aliphatic carbocycles. The first-order valence-electron chi connectivity index (χ1n) is 10.6. The number of piperidine rings is 1. The highest BCUT2D eigenvalue weighted by Gasteiger charge is 2.36. The Labute approximate surface area is 188 Å². The lowest BCUT2D eigenvalue weighted by Gasteiger charge is -2.33. The third-order valence-corrected chi connectivity index (χ3v) is 5.77. The summed E-state index contributed by atoms with van der Waals surface area (Å²) in [4.78, 5) is 31.4. The number of hydrazine groups is 1. The van der Waals surface area contributed by atoms with Crippen molar-refractivity contribution in [3.63, 3.8) is 0 Å². The number of likely N-dealkylation sites (tertiary alicyclic amines) is 1. The van der Waals surface area contributed by atoms with Gasteiger partial charge in [0.25, 0.3) is 0 Å². The molecule has 3 atom stereocenters. The molecule has 0 radical (unpaired) electrons. The largest absolute Gasteiger partial charge is 0.573 e. The Morgan fingerprint density at radius 3 is 2.52 bits per heavy atom. The molecule has 11 heteroatoms. The minimum Gasteiger partial charge on any atom is -0.406 e. The Hall–Kier alpha value is -3.18. The van der Waals surface area contributed by atoms with Gasteiger partial charge < -0.3 is 15.0 Å². The van der Waals surface area contributed by atoms with E-state index in [1.54, 1.807) is 17.3 Å². The van der Waals surface area contributed by atoms with Crippen molar-refractivity contribution in [2.24, 2.45) is 5.92 Å². The Balaban J connectivity index is 1.31. The molecule has 2 fully saturated rings. The van der Waals surface area contributed by atoms with Crippen LogP contribution >= 0.6 is 0 Å². The molecule has 0 bridgehead atoms. The van der Waals surface area contributed by atoms with Crippen molar-refractivity contribution in [1.29, 1.82) is 0 Å². The molecular formula is C22H24F3N5O3. The van der Waals surface area contributed by atoms with Crippen LogP contribution in [0.1, 0.15) is 30.9 Å². The van der Waals surface area contributed by atoms with Gasteiger partial charge in [-0.25, -0.2) is 10.9 Å². The number of nitrogens with one attached hydrogen (secondary N) is 3. The van der Waals surface area contributed by atoms with Gasteiger partial charge in [-0.15, -0.1) is 13.2 Å². The highest BCUT2D eigenvalue weighted by Crippen LogP contribution is 2.26.